The van der Waals surface area contributed by atoms with Crippen molar-refractivity contribution in [3.63, 3.8) is 0 Å². The second-order valence-electron chi connectivity index (χ2n) is 3.45. The molecule has 88 valence electrons. The number of nitrogens with one attached hydrogen (secondary N) is 1. The molecule has 5 heteroatoms. The Kier molecular flexibility index (Phi) is 3.21. The fourth-order valence-electron chi connectivity index (χ4n) is 1.37. The van der Waals surface area contributed by atoms with E-state index >= 15 is 0 Å². The Morgan fingerprint density at radius 2 is 2.00 bits per heavy atom. The molecule has 0 aliphatic heterocycles. The number of anilines is 1. The molecular weight excluding hydrogens is 232 g/mol. The van der Waals surface area contributed by atoms with Gasteiger partial charge in [0.2, 0.25) is 0 Å². The highest BCUT2D eigenvalue weighted by atomic mass is 16.4. The van der Waals surface area contributed by atoms with Crippen molar-refractivity contribution in [2.75, 3.05) is 5.32 Å². The van der Waals surface area contributed by atoms with E-state index in [0.717, 1.165) is 12.3 Å². The van der Waals surface area contributed by atoms with Gasteiger partial charge >= 0.3 is 5.63 Å². The minimum absolute atomic E-state index is 0.211. The highest BCUT2D eigenvalue weighted by Gasteiger charge is 2.09. The highest BCUT2D eigenvalue weighted by Crippen LogP contribution is 2.14. The molecule has 0 radical (unpaired) electrons. The van der Waals surface area contributed by atoms with Crippen molar-refractivity contribution in [3.8, 4) is 6.07 Å². The van der Waals surface area contributed by atoms with E-state index in [0.29, 0.717) is 11.3 Å². The van der Waals surface area contributed by atoms with Crippen molar-refractivity contribution in [3.05, 3.63) is 64.2 Å². The third-order valence-electron chi connectivity index (χ3n) is 2.26. The summed E-state index contributed by atoms with van der Waals surface area (Å²) in [5.74, 6) is -0.443. The Morgan fingerprint density at radius 3 is 2.67 bits per heavy atom. The van der Waals surface area contributed by atoms with Crippen LogP contribution in [0.15, 0.2) is 51.9 Å². The van der Waals surface area contributed by atoms with Gasteiger partial charge in [0.1, 0.15) is 12.3 Å². The molecule has 0 fully saturated rings. The van der Waals surface area contributed by atoms with Crippen molar-refractivity contribution in [2.24, 2.45) is 0 Å². The molecule has 18 heavy (non-hydrogen) atoms. The fourth-order valence-corrected chi connectivity index (χ4v) is 1.37. The SMILES string of the molecule is N#Cc1ccccc1NC(=O)c1ccc(=O)oc1. The summed E-state index contributed by atoms with van der Waals surface area (Å²) >= 11 is 0. The van der Waals surface area contributed by atoms with Crippen LogP contribution in [0.2, 0.25) is 0 Å². The molecule has 2 aromatic rings. The lowest BCUT2D eigenvalue weighted by molar-refractivity contribution is 0.102. The number of nitriles is 1. The van der Waals surface area contributed by atoms with Crippen molar-refractivity contribution < 1.29 is 9.21 Å². The first-order valence-electron chi connectivity index (χ1n) is 5.10. The Hall–Kier alpha value is -2.87. The molecule has 0 bridgehead atoms. The van der Waals surface area contributed by atoms with Crippen molar-refractivity contribution in [1.29, 1.82) is 5.26 Å². The molecule has 1 aromatic heterocycles. The molecule has 0 saturated heterocycles. The lowest BCUT2D eigenvalue weighted by atomic mass is 10.2. The van der Waals surface area contributed by atoms with Gasteiger partial charge in [0.25, 0.3) is 5.91 Å². The number of hydrogen-bond acceptors (Lipinski definition) is 4. The number of para-hydroxylation sites is 1. The van der Waals surface area contributed by atoms with E-state index in [1.165, 1.54) is 6.07 Å². The second kappa shape index (κ2) is 4.97. The molecule has 5 nitrogen and oxygen atoms in total. The first-order chi connectivity index (χ1) is 8.70. The largest absolute Gasteiger partial charge is 0.430 e. The van der Waals surface area contributed by atoms with E-state index in [9.17, 15) is 9.59 Å². The maximum atomic E-state index is 11.8. The molecule has 0 atom stereocenters. The van der Waals surface area contributed by atoms with Gasteiger partial charge < -0.3 is 9.73 Å². The van der Waals surface area contributed by atoms with Gasteiger partial charge in [-0.25, -0.2) is 4.79 Å². The van der Waals surface area contributed by atoms with E-state index in [4.69, 9.17) is 5.26 Å². The normalized spacial score (nSPS) is 9.50. The number of hydrogen-bond donors (Lipinski definition) is 1. The predicted molar refractivity (Wildman–Crippen MR) is 64.1 cm³/mol. The van der Waals surface area contributed by atoms with Crippen LogP contribution in [0.3, 0.4) is 0 Å². The first kappa shape index (κ1) is 11.6. The summed E-state index contributed by atoms with van der Waals surface area (Å²) in [6.45, 7) is 0. The minimum atomic E-state index is -0.524. The minimum Gasteiger partial charge on any atom is -0.430 e. The van der Waals surface area contributed by atoms with Gasteiger partial charge in [-0.15, -0.1) is 0 Å². The first-order valence-corrected chi connectivity index (χ1v) is 5.10. The van der Waals surface area contributed by atoms with Gasteiger partial charge in [-0.2, -0.15) is 5.26 Å². The fraction of sp³-hybridized carbons (Fsp3) is 0. The van der Waals surface area contributed by atoms with Crippen LogP contribution in [0.25, 0.3) is 0 Å². The maximum Gasteiger partial charge on any atom is 0.335 e. The average Bonchev–Trinajstić information content (AvgIpc) is 2.40. The molecule has 0 aliphatic rings. The van der Waals surface area contributed by atoms with Crippen molar-refractivity contribution in [1.82, 2.24) is 0 Å². The van der Waals surface area contributed by atoms with E-state index < -0.39 is 11.5 Å². The highest BCUT2D eigenvalue weighted by molar-refractivity contribution is 6.04. The van der Waals surface area contributed by atoms with Crippen LogP contribution in [0.4, 0.5) is 5.69 Å². The molecule has 0 spiro atoms. The molecule has 0 unspecified atom stereocenters. The van der Waals surface area contributed by atoms with Gasteiger partial charge in [-0.05, 0) is 18.2 Å². The summed E-state index contributed by atoms with van der Waals surface area (Å²) in [5, 5.41) is 11.5. The molecule has 0 aliphatic carbocycles. The number of nitrogens with zero attached hydrogens (tertiary/aromatic N) is 1. The van der Waals surface area contributed by atoms with E-state index in [2.05, 4.69) is 9.73 Å². The lowest BCUT2D eigenvalue weighted by Gasteiger charge is -2.05. The van der Waals surface area contributed by atoms with Crippen molar-refractivity contribution >= 4 is 11.6 Å². The molecule has 1 aromatic carbocycles. The molecule has 1 amide bonds. The number of carbonyl (C=O) groups excluding carboxylic acids is 1. The van der Waals surface area contributed by atoms with Crippen LogP contribution < -0.4 is 10.9 Å². The summed E-state index contributed by atoms with van der Waals surface area (Å²) in [6.07, 6.45) is 1.08. The molecule has 1 heterocycles. The van der Waals surface area contributed by atoms with Crippen LogP contribution >= 0.6 is 0 Å². The third kappa shape index (κ3) is 2.44. The maximum absolute atomic E-state index is 11.8. The smallest absolute Gasteiger partial charge is 0.335 e. The predicted octanol–water partition coefficient (Wildman–Crippen LogP) is 1.76. The average molecular weight is 240 g/mol. The zero-order chi connectivity index (χ0) is 13.0. The summed E-state index contributed by atoms with van der Waals surface area (Å²) in [5.41, 5.74) is 0.464. The van der Waals surface area contributed by atoms with Crippen LogP contribution in [-0.2, 0) is 0 Å². The van der Waals surface area contributed by atoms with Crippen LogP contribution in [0.5, 0.6) is 0 Å². The third-order valence-corrected chi connectivity index (χ3v) is 2.26. The summed E-state index contributed by atoms with van der Waals surface area (Å²) in [7, 11) is 0. The Labute approximate surface area is 102 Å². The number of benzene rings is 1. The number of rotatable bonds is 2. The lowest BCUT2D eigenvalue weighted by Crippen LogP contribution is -2.13. The van der Waals surface area contributed by atoms with Gasteiger partial charge in [0, 0.05) is 6.07 Å². The van der Waals surface area contributed by atoms with E-state index in [1.807, 2.05) is 6.07 Å². The molecule has 2 rings (SSSR count). The topological polar surface area (TPSA) is 83.1 Å². The Balaban J connectivity index is 2.24. The summed E-state index contributed by atoms with van der Waals surface area (Å²) < 4.78 is 4.59. The molecule has 0 saturated carbocycles. The molecule has 1 N–H and O–H groups in total. The van der Waals surface area contributed by atoms with Crippen LogP contribution in [0, 0.1) is 11.3 Å². The van der Waals surface area contributed by atoms with Gasteiger partial charge in [0.15, 0.2) is 0 Å². The van der Waals surface area contributed by atoms with Crippen LogP contribution in [0.1, 0.15) is 15.9 Å². The van der Waals surface area contributed by atoms with Crippen LogP contribution in [-0.4, -0.2) is 5.91 Å². The quantitative estimate of drug-likeness (QED) is 0.866. The van der Waals surface area contributed by atoms with Crippen molar-refractivity contribution in [2.45, 2.75) is 0 Å². The Morgan fingerprint density at radius 1 is 1.22 bits per heavy atom. The van der Waals surface area contributed by atoms with Gasteiger partial charge in [-0.1, -0.05) is 12.1 Å². The number of amides is 1. The summed E-state index contributed by atoms with van der Waals surface area (Å²) in [4.78, 5) is 22.6. The van der Waals surface area contributed by atoms with E-state index in [1.54, 1.807) is 24.3 Å². The monoisotopic (exact) mass is 240 g/mol. The standard InChI is InChI=1S/C13H8N2O3/c14-7-9-3-1-2-4-11(9)15-13(17)10-5-6-12(16)18-8-10/h1-6,8H,(H,15,17). The second-order valence-corrected chi connectivity index (χ2v) is 3.45. The zero-order valence-corrected chi connectivity index (χ0v) is 9.21. The summed E-state index contributed by atoms with van der Waals surface area (Å²) in [6, 6.07) is 11.1. The van der Waals surface area contributed by atoms with E-state index in [-0.39, 0.29) is 5.56 Å². The van der Waals surface area contributed by atoms with Gasteiger partial charge in [-0.3, -0.25) is 4.79 Å². The number of carbonyl (C=O) groups is 1. The Bertz CT molecular complexity index is 663. The molecular formula is C13H8N2O3. The zero-order valence-electron chi connectivity index (χ0n) is 9.21. The van der Waals surface area contributed by atoms with Gasteiger partial charge in [0.05, 0.1) is 16.8 Å².